The average molecular weight is 235 g/mol. The zero-order valence-corrected chi connectivity index (χ0v) is 9.82. The van der Waals surface area contributed by atoms with Gasteiger partial charge in [0, 0.05) is 12.3 Å². The first-order valence-electron chi connectivity index (χ1n) is 4.91. The van der Waals surface area contributed by atoms with Crippen LogP contribution in [0.5, 0.6) is 0 Å². The number of halogens is 1. The minimum absolute atomic E-state index is 0.125. The third-order valence-electron chi connectivity index (χ3n) is 2.43. The lowest BCUT2D eigenvalue weighted by atomic mass is 10.2. The molecule has 16 heavy (non-hydrogen) atoms. The van der Waals surface area contributed by atoms with Gasteiger partial charge in [0.25, 0.3) is 5.56 Å². The molecule has 82 valence electrons. The molecule has 3 nitrogen and oxygen atoms in total. The minimum Gasteiger partial charge on any atom is -0.269 e. The molecule has 1 aromatic heterocycles. The van der Waals surface area contributed by atoms with Gasteiger partial charge in [0.2, 0.25) is 0 Å². The average Bonchev–Trinajstić information content (AvgIpc) is 2.24. The predicted octanol–water partition coefficient (Wildman–Crippen LogP) is 2.50. The van der Waals surface area contributed by atoms with Crippen LogP contribution < -0.4 is 5.56 Å². The number of rotatable bonds is 1. The van der Waals surface area contributed by atoms with Gasteiger partial charge in [0.1, 0.15) is 5.82 Å². The maximum atomic E-state index is 11.8. The highest BCUT2D eigenvalue weighted by Gasteiger charge is 2.08. The molecule has 0 atom stereocenters. The molecule has 0 aliphatic heterocycles. The van der Waals surface area contributed by atoms with Gasteiger partial charge in [-0.05, 0) is 25.5 Å². The van der Waals surface area contributed by atoms with Gasteiger partial charge < -0.3 is 0 Å². The number of hydrogen-bond acceptors (Lipinski definition) is 2. The Morgan fingerprint density at radius 3 is 2.69 bits per heavy atom. The van der Waals surface area contributed by atoms with E-state index in [4.69, 9.17) is 11.6 Å². The molecular formula is C12H11ClN2O. The third kappa shape index (κ3) is 1.74. The van der Waals surface area contributed by atoms with Gasteiger partial charge in [0.15, 0.2) is 0 Å². The van der Waals surface area contributed by atoms with Crippen LogP contribution >= 0.6 is 11.6 Å². The standard InChI is InChI=1S/C12H11ClN2O/c1-8-4-3-5-10(12(8)13)15-9(2)14-7-6-11(15)16/h3-7H,1-2H3. The summed E-state index contributed by atoms with van der Waals surface area (Å²) in [7, 11) is 0. The highest BCUT2D eigenvalue weighted by atomic mass is 35.5. The molecule has 0 radical (unpaired) electrons. The van der Waals surface area contributed by atoms with E-state index in [0.29, 0.717) is 16.5 Å². The summed E-state index contributed by atoms with van der Waals surface area (Å²) in [6.45, 7) is 3.68. The van der Waals surface area contributed by atoms with Crippen molar-refractivity contribution in [3.8, 4) is 5.69 Å². The summed E-state index contributed by atoms with van der Waals surface area (Å²) < 4.78 is 1.51. The molecular weight excluding hydrogens is 224 g/mol. The Bertz CT molecular complexity index is 590. The molecule has 2 rings (SSSR count). The Morgan fingerprint density at radius 2 is 2.00 bits per heavy atom. The van der Waals surface area contributed by atoms with Gasteiger partial charge in [-0.25, -0.2) is 4.98 Å². The normalized spacial score (nSPS) is 10.4. The molecule has 0 saturated heterocycles. The molecule has 0 spiro atoms. The third-order valence-corrected chi connectivity index (χ3v) is 2.93. The summed E-state index contributed by atoms with van der Waals surface area (Å²) in [6.07, 6.45) is 1.50. The second-order valence-electron chi connectivity index (χ2n) is 3.57. The van der Waals surface area contributed by atoms with Crippen molar-refractivity contribution in [2.75, 3.05) is 0 Å². The van der Waals surface area contributed by atoms with Gasteiger partial charge >= 0.3 is 0 Å². The zero-order valence-electron chi connectivity index (χ0n) is 9.07. The molecule has 0 aliphatic rings. The number of nitrogens with zero attached hydrogens (tertiary/aromatic N) is 2. The molecule has 0 aliphatic carbocycles. The van der Waals surface area contributed by atoms with E-state index in [9.17, 15) is 4.79 Å². The molecule has 0 bridgehead atoms. The molecule has 0 saturated carbocycles. The lowest BCUT2D eigenvalue weighted by molar-refractivity contribution is 0.869. The van der Waals surface area contributed by atoms with E-state index in [1.54, 1.807) is 6.92 Å². The lowest BCUT2D eigenvalue weighted by Crippen LogP contribution is -2.20. The Morgan fingerprint density at radius 1 is 1.25 bits per heavy atom. The highest BCUT2D eigenvalue weighted by molar-refractivity contribution is 6.33. The fourth-order valence-corrected chi connectivity index (χ4v) is 1.81. The summed E-state index contributed by atoms with van der Waals surface area (Å²) in [5.41, 5.74) is 1.49. The summed E-state index contributed by atoms with van der Waals surface area (Å²) in [4.78, 5) is 15.9. The maximum absolute atomic E-state index is 11.8. The molecule has 1 heterocycles. The van der Waals surface area contributed by atoms with Crippen molar-refractivity contribution in [1.29, 1.82) is 0 Å². The number of aryl methyl sites for hydroxylation is 2. The second kappa shape index (κ2) is 4.10. The first-order valence-corrected chi connectivity index (χ1v) is 5.29. The van der Waals surface area contributed by atoms with Gasteiger partial charge in [-0.3, -0.25) is 9.36 Å². The van der Waals surface area contributed by atoms with Crippen LogP contribution in [0, 0.1) is 13.8 Å². The van der Waals surface area contributed by atoms with Crippen LogP contribution in [0.2, 0.25) is 5.02 Å². The van der Waals surface area contributed by atoms with Crippen molar-refractivity contribution in [1.82, 2.24) is 9.55 Å². The molecule has 0 fully saturated rings. The van der Waals surface area contributed by atoms with Crippen LogP contribution in [0.3, 0.4) is 0 Å². The SMILES string of the molecule is Cc1cccc(-n2c(C)nccc2=O)c1Cl. The smallest absolute Gasteiger partial charge is 0.258 e. The van der Waals surface area contributed by atoms with Gasteiger partial charge in [0.05, 0.1) is 10.7 Å². The van der Waals surface area contributed by atoms with Crippen LogP contribution in [0.15, 0.2) is 35.3 Å². The van der Waals surface area contributed by atoms with Crippen LogP contribution in [-0.2, 0) is 0 Å². The van der Waals surface area contributed by atoms with Crippen molar-refractivity contribution in [2.24, 2.45) is 0 Å². The summed E-state index contributed by atoms with van der Waals surface area (Å²) in [6, 6.07) is 7.01. The van der Waals surface area contributed by atoms with E-state index in [2.05, 4.69) is 4.98 Å². The van der Waals surface area contributed by atoms with E-state index in [-0.39, 0.29) is 5.56 Å². The minimum atomic E-state index is -0.125. The van der Waals surface area contributed by atoms with Gasteiger partial charge in [-0.2, -0.15) is 0 Å². The summed E-state index contributed by atoms with van der Waals surface area (Å²) in [5, 5.41) is 0.584. The quantitative estimate of drug-likeness (QED) is 0.760. The summed E-state index contributed by atoms with van der Waals surface area (Å²) >= 11 is 6.18. The maximum Gasteiger partial charge on any atom is 0.258 e. The lowest BCUT2D eigenvalue weighted by Gasteiger charge is -2.11. The molecule has 0 amide bonds. The van der Waals surface area contributed by atoms with E-state index in [0.717, 1.165) is 5.56 Å². The van der Waals surface area contributed by atoms with Crippen molar-refractivity contribution < 1.29 is 0 Å². The predicted molar refractivity (Wildman–Crippen MR) is 64.3 cm³/mol. The highest BCUT2D eigenvalue weighted by Crippen LogP contribution is 2.23. The van der Waals surface area contributed by atoms with Crippen LogP contribution in [0.25, 0.3) is 5.69 Å². The van der Waals surface area contributed by atoms with E-state index in [1.165, 1.54) is 16.8 Å². The van der Waals surface area contributed by atoms with Crippen LogP contribution in [0.4, 0.5) is 0 Å². The fraction of sp³-hybridized carbons (Fsp3) is 0.167. The van der Waals surface area contributed by atoms with Crippen molar-refractivity contribution in [2.45, 2.75) is 13.8 Å². The zero-order chi connectivity index (χ0) is 11.7. The molecule has 0 unspecified atom stereocenters. The number of benzene rings is 1. The Balaban J connectivity index is 2.78. The van der Waals surface area contributed by atoms with Crippen molar-refractivity contribution >= 4 is 11.6 Å². The number of aromatic nitrogens is 2. The summed E-state index contributed by atoms with van der Waals surface area (Å²) in [5.74, 6) is 0.625. The van der Waals surface area contributed by atoms with Crippen LogP contribution in [0.1, 0.15) is 11.4 Å². The first-order chi connectivity index (χ1) is 7.61. The van der Waals surface area contributed by atoms with Gasteiger partial charge in [-0.15, -0.1) is 0 Å². The Hall–Kier alpha value is -1.61. The first kappa shape index (κ1) is 10.9. The largest absolute Gasteiger partial charge is 0.269 e. The number of hydrogen-bond donors (Lipinski definition) is 0. The van der Waals surface area contributed by atoms with Crippen LogP contribution in [-0.4, -0.2) is 9.55 Å². The van der Waals surface area contributed by atoms with E-state index >= 15 is 0 Å². The monoisotopic (exact) mass is 234 g/mol. The molecule has 1 aromatic carbocycles. The molecule has 2 aromatic rings. The molecule has 0 N–H and O–H groups in total. The van der Waals surface area contributed by atoms with Crippen molar-refractivity contribution in [3.63, 3.8) is 0 Å². The Kier molecular flexibility index (Phi) is 2.79. The van der Waals surface area contributed by atoms with Gasteiger partial charge in [-0.1, -0.05) is 23.7 Å². The van der Waals surface area contributed by atoms with Crippen molar-refractivity contribution in [3.05, 3.63) is 57.2 Å². The fourth-order valence-electron chi connectivity index (χ4n) is 1.60. The van der Waals surface area contributed by atoms with E-state index in [1.807, 2.05) is 25.1 Å². The molecule has 4 heteroatoms. The second-order valence-corrected chi connectivity index (χ2v) is 3.95. The Labute approximate surface area is 98.3 Å². The van der Waals surface area contributed by atoms with E-state index < -0.39 is 0 Å². The topological polar surface area (TPSA) is 34.9 Å².